The SMILES string of the molecule is CCCOc1cc(NC(C)C)c([N+](=O)[O-])cc1B1OC(C)(C)C(C)(C)O1. The third-order valence-electron chi connectivity index (χ3n) is 4.74. The van der Waals surface area contributed by atoms with E-state index in [1.807, 2.05) is 48.5 Å². The summed E-state index contributed by atoms with van der Waals surface area (Å²) in [5, 5.41) is 14.7. The molecule has 0 unspecified atom stereocenters. The number of rotatable bonds is 7. The van der Waals surface area contributed by atoms with Gasteiger partial charge in [-0.05, 0) is 48.0 Å². The van der Waals surface area contributed by atoms with Crippen LogP contribution in [-0.4, -0.2) is 35.9 Å². The Kier molecular flexibility index (Phi) is 5.87. The summed E-state index contributed by atoms with van der Waals surface area (Å²) in [6, 6.07) is 3.22. The first-order valence-electron chi connectivity index (χ1n) is 9.06. The number of hydrogen-bond acceptors (Lipinski definition) is 6. The van der Waals surface area contributed by atoms with Gasteiger partial charge in [-0.3, -0.25) is 10.1 Å². The molecule has 0 saturated carbocycles. The number of benzene rings is 1. The predicted molar refractivity (Wildman–Crippen MR) is 103 cm³/mol. The van der Waals surface area contributed by atoms with Crippen molar-refractivity contribution < 1.29 is 19.0 Å². The van der Waals surface area contributed by atoms with E-state index in [1.54, 1.807) is 6.07 Å². The minimum absolute atomic E-state index is 0.0211. The van der Waals surface area contributed by atoms with E-state index in [2.05, 4.69) is 5.32 Å². The van der Waals surface area contributed by atoms with E-state index in [0.717, 1.165) is 6.42 Å². The van der Waals surface area contributed by atoms with Crippen LogP contribution in [0, 0.1) is 10.1 Å². The monoisotopic (exact) mass is 364 g/mol. The van der Waals surface area contributed by atoms with Crippen LogP contribution in [0.15, 0.2) is 12.1 Å². The standard InChI is InChI=1S/C18H29BN2O5/c1-8-9-24-16-11-14(20-12(2)3)15(21(22)23)10-13(16)19-25-17(4,5)18(6,7)26-19/h10-12,20H,8-9H2,1-7H3. The highest BCUT2D eigenvalue weighted by molar-refractivity contribution is 6.63. The second-order valence-corrected chi connectivity index (χ2v) is 7.90. The van der Waals surface area contributed by atoms with E-state index in [1.165, 1.54) is 6.07 Å². The maximum atomic E-state index is 11.6. The Labute approximate surface area is 155 Å². The van der Waals surface area contributed by atoms with Gasteiger partial charge < -0.3 is 19.4 Å². The minimum Gasteiger partial charge on any atom is -0.494 e. The molecular weight excluding hydrogens is 335 g/mol. The maximum absolute atomic E-state index is 11.6. The number of nitrogens with zero attached hydrogens (tertiary/aromatic N) is 1. The summed E-state index contributed by atoms with van der Waals surface area (Å²) in [5.74, 6) is 0.541. The molecule has 0 bridgehead atoms. The van der Waals surface area contributed by atoms with E-state index in [-0.39, 0.29) is 11.7 Å². The number of nitrogens with one attached hydrogen (secondary N) is 1. The van der Waals surface area contributed by atoms with Crippen molar-refractivity contribution >= 4 is 24.0 Å². The van der Waals surface area contributed by atoms with Gasteiger partial charge in [0, 0.05) is 23.6 Å². The van der Waals surface area contributed by atoms with Crippen molar-refractivity contribution in [3.05, 3.63) is 22.2 Å². The van der Waals surface area contributed by atoms with Crippen molar-refractivity contribution in [1.82, 2.24) is 0 Å². The van der Waals surface area contributed by atoms with Crippen LogP contribution in [0.4, 0.5) is 11.4 Å². The van der Waals surface area contributed by atoms with Crippen LogP contribution in [0.5, 0.6) is 5.75 Å². The number of nitro benzene ring substituents is 1. The molecule has 0 atom stereocenters. The molecule has 144 valence electrons. The fourth-order valence-corrected chi connectivity index (χ4v) is 2.65. The summed E-state index contributed by atoms with van der Waals surface area (Å²) < 4.78 is 18.0. The van der Waals surface area contributed by atoms with E-state index >= 15 is 0 Å². The highest BCUT2D eigenvalue weighted by atomic mass is 16.7. The molecule has 1 aromatic carbocycles. The van der Waals surface area contributed by atoms with Gasteiger partial charge in [-0.2, -0.15) is 0 Å². The molecule has 1 aliphatic rings. The molecule has 0 aliphatic carbocycles. The van der Waals surface area contributed by atoms with Crippen LogP contribution in [0.2, 0.25) is 0 Å². The zero-order chi connectivity index (χ0) is 19.7. The maximum Gasteiger partial charge on any atom is 0.498 e. The molecule has 1 N–H and O–H groups in total. The molecule has 1 heterocycles. The molecule has 8 heteroatoms. The van der Waals surface area contributed by atoms with Crippen LogP contribution < -0.4 is 15.5 Å². The molecule has 7 nitrogen and oxygen atoms in total. The number of hydrogen-bond donors (Lipinski definition) is 1. The van der Waals surface area contributed by atoms with E-state index in [0.29, 0.717) is 23.5 Å². The average molecular weight is 364 g/mol. The van der Waals surface area contributed by atoms with Crippen molar-refractivity contribution in [2.24, 2.45) is 0 Å². The molecule has 1 saturated heterocycles. The first-order valence-corrected chi connectivity index (χ1v) is 9.06. The quantitative estimate of drug-likeness (QED) is 0.453. The van der Waals surface area contributed by atoms with Crippen LogP contribution in [0.3, 0.4) is 0 Å². The Bertz CT molecular complexity index is 660. The summed E-state index contributed by atoms with van der Waals surface area (Å²) in [6.45, 7) is 14.2. The summed E-state index contributed by atoms with van der Waals surface area (Å²) in [5.41, 5.74) is -0.131. The van der Waals surface area contributed by atoms with Gasteiger partial charge in [-0.25, -0.2) is 0 Å². The van der Waals surface area contributed by atoms with Crippen molar-refractivity contribution in [1.29, 1.82) is 0 Å². The van der Waals surface area contributed by atoms with Gasteiger partial charge in [0.1, 0.15) is 11.4 Å². The minimum atomic E-state index is -0.723. The molecule has 0 amide bonds. The average Bonchev–Trinajstić information content (AvgIpc) is 2.72. The van der Waals surface area contributed by atoms with Crippen LogP contribution in [0.25, 0.3) is 0 Å². The summed E-state index contributed by atoms with van der Waals surface area (Å²) >= 11 is 0. The lowest BCUT2D eigenvalue weighted by molar-refractivity contribution is -0.383. The summed E-state index contributed by atoms with van der Waals surface area (Å²) in [7, 11) is -0.723. The summed E-state index contributed by atoms with van der Waals surface area (Å²) in [4.78, 5) is 11.2. The van der Waals surface area contributed by atoms with Crippen LogP contribution >= 0.6 is 0 Å². The fraction of sp³-hybridized carbons (Fsp3) is 0.667. The lowest BCUT2D eigenvalue weighted by Crippen LogP contribution is -2.41. The van der Waals surface area contributed by atoms with Crippen molar-refractivity contribution in [2.75, 3.05) is 11.9 Å². The Morgan fingerprint density at radius 2 is 1.81 bits per heavy atom. The topological polar surface area (TPSA) is 82.9 Å². The zero-order valence-electron chi connectivity index (χ0n) is 16.7. The third kappa shape index (κ3) is 4.12. The number of ether oxygens (including phenoxy) is 1. The van der Waals surface area contributed by atoms with E-state index in [4.69, 9.17) is 14.0 Å². The smallest absolute Gasteiger partial charge is 0.494 e. The van der Waals surface area contributed by atoms with Gasteiger partial charge in [0.25, 0.3) is 5.69 Å². The Balaban J connectivity index is 2.52. The second kappa shape index (κ2) is 7.44. The molecule has 1 aromatic rings. The van der Waals surface area contributed by atoms with Gasteiger partial charge in [0.15, 0.2) is 0 Å². The van der Waals surface area contributed by atoms with Crippen molar-refractivity contribution in [2.45, 2.75) is 72.1 Å². The van der Waals surface area contributed by atoms with Gasteiger partial charge in [-0.1, -0.05) is 6.92 Å². The van der Waals surface area contributed by atoms with E-state index in [9.17, 15) is 10.1 Å². The van der Waals surface area contributed by atoms with Gasteiger partial charge in [0.2, 0.25) is 0 Å². The number of nitro groups is 1. The third-order valence-corrected chi connectivity index (χ3v) is 4.74. The predicted octanol–water partition coefficient (Wildman–Crippen LogP) is 3.50. The van der Waals surface area contributed by atoms with Crippen LogP contribution in [-0.2, 0) is 9.31 Å². The molecule has 1 aliphatic heterocycles. The molecule has 0 aromatic heterocycles. The fourth-order valence-electron chi connectivity index (χ4n) is 2.65. The van der Waals surface area contributed by atoms with Gasteiger partial charge >= 0.3 is 7.12 Å². The normalized spacial score (nSPS) is 18.2. The van der Waals surface area contributed by atoms with E-state index < -0.39 is 23.2 Å². The highest BCUT2D eigenvalue weighted by Crippen LogP contribution is 2.38. The first-order chi connectivity index (χ1) is 12.0. The largest absolute Gasteiger partial charge is 0.498 e. The zero-order valence-corrected chi connectivity index (χ0v) is 16.7. The molecule has 26 heavy (non-hydrogen) atoms. The summed E-state index contributed by atoms with van der Waals surface area (Å²) in [6.07, 6.45) is 0.826. The Hall–Kier alpha value is -1.80. The van der Waals surface area contributed by atoms with Crippen molar-refractivity contribution in [3.8, 4) is 5.75 Å². The Morgan fingerprint density at radius 1 is 1.23 bits per heavy atom. The molecule has 1 fully saturated rings. The molecule has 0 spiro atoms. The highest BCUT2D eigenvalue weighted by Gasteiger charge is 2.53. The lowest BCUT2D eigenvalue weighted by atomic mass is 9.77. The van der Waals surface area contributed by atoms with Crippen LogP contribution in [0.1, 0.15) is 54.9 Å². The second-order valence-electron chi connectivity index (χ2n) is 7.90. The molecule has 0 radical (unpaired) electrons. The van der Waals surface area contributed by atoms with Crippen molar-refractivity contribution in [3.63, 3.8) is 0 Å². The first kappa shape index (κ1) is 20.5. The molecule has 2 rings (SSSR count). The Morgan fingerprint density at radius 3 is 2.27 bits per heavy atom. The van der Waals surface area contributed by atoms with Gasteiger partial charge in [-0.15, -0.1) is 0 Å². The molecular formula is C18H29BN2O5. The lowest BCUT2D eigenvalue weighted by Gasteiger charge is -2.32. The van der Waals surface area contributed by atoms with Gasteiger partial charge in [0.05, 0.1) is 22.7 Å². The number of anilines is 1.